The van der Waals surface area contributed by atoms with Gasteiger partial charge < -0.3 is 14.8 Å². The third kappa shape index (κ3) is 4.74. The summed E-state index contributed by atoms with van der Waals surface area (Å²) >= 11 is 7.00. The number of benzene rings is 2. The molecule has 0 aliphatic heterocycles. The number of rotatable bonds is 7. The summed E-state index contributed by atoms with van der Waals surface area (Å²) in [7, 11) is 1.24. The number of aryl methyl sites for hydroxylation is 1. The second kappa shape index (κ2) is 9.80. The highest BCUT2D eigenvalue weighted by Crippen LogP contribution is 2.41. The minimum atomic E-state index is -0.738. The maximum Gasteiger partial charge on any atom is 0.341 e. The second-order valence-corrected chi connectivity index (χ2v) is 8.22. The number of methoxy groups -OCH3 is 1. The number of nitro groups is 1. The Balaban J connectivity index is 2.05. The standard InChI is InChI=1S/C22H19ClN2O6S/c1-4-31-15-8-5-13(6-9-15)18-12(2)32-21(19(18)22(27)30-3)24-20(26)16-10-7-14(23)11-17(16)25(28)29/h5-11H,4H2,1-3H3,(H,24,26). The minimum absolute atomic E-state index is 0.133. The fourth-order valence-corrected chi connectivity index (χ4v) is 4.41. The number of anilines is 1. The molecule has 8 nitrogen and oxygen atoms in total. The summed E-state index contributed by atoms with van der Waals surface area (Å²) in [4.78, 5) is 36.9. The van der Waals surface area contributed by atoms with Crippen LogP contribution < -0.4 is 10.1 Å². The number of nitrogens with zero attached hydrogens (tertiary/aromatic N) is 1. The first-order valence-corrected chi connectivity index (χ1v) is 10.7. The molecule has 0 saturated heterocycles. The summed E-state index contributed by atoms with van der Waals surface area (Å²) in [6.45, 7) is 4.22. The number of nitrogens with one attached hydrogen (secondary N) is 1. The number of amides is 1. The van der Waals surface area contributed by atoms with Gasteiger partial charge in [-0.25, -0.2) is 4.79 Å². The van der Waals surface area contributed by atoms with Gasteiger partial charge in [-0.3, -0.25) is 14.9 Å². The van der Waals surface area contributed by atoms with E-state index in [9.17, 15) is 19.7 Å². The van der Waals surface area contributed by atoms with Crippen LogP contribution in [0.2, 0.25) is 5.02 Å². The minimum Gasteiger partial charge on any atom is -0.494 e. The summed E-state index contributed by atoms with van der Waals surface area (Å²) in [5.74, 6) is -0.690. The number of halogens is 1. The van der Waals surface area contributed by atoms with Gasteiger partial charge in [-0.15, -0.1) is 11.3 Å². The molecule has 0 aliphatic rings. The Morgan fingerprint density at radius 1 is 1.19 bits per heavy atom. The molecule has 3 rings (SSSR count). The predicted octanol–water partition coefficient (Wildman–Crippen LogP) is 5.72. The Kier molecular flexibility index (Phi) is 7.12. The second-order valence-electron chi connectivity index (χ2n) is 6.56. The fraction of sp³-hybridized carbons (Fsp3) is 0.182. The van der Waals surface area contributed by atoms with Crippen LogP contribution in [0, 0.1) is 17.0 Å². The van der Waals surface area contributed by atoms with E-state index in [1.165, 1.54) is 30.6 Å². The molecule has 3 aromatic rings. The van der Waals surface area contributed by atoms with Crippen molar-refractivity contribution in [2.24, 2.45) is 0 Å². The van der Waals surface area contributed by atoms with Crippen molar-refractivity contribution in [2.45, 2.75) is 13.8 Å². The van der Waals surface area contributed by atoms with Crippen LogP contribution in [-0.4, -0.2) is 30.5 Å². The summed E-state index contributed by atoms with van der Waals surface area (Å²) in [5.41, 5.74) is 0.897. The fourth-order valence-electron chi connectivity index (χ4n) is 3.18. The van der Waals surface area contributed by atoms with E-state index in [4.69, 9.17) is 21.1 Å². The van der Waals surface area contributed by atoms with E-state index in [0.717, 1.165) is 16.5 Å². The van der Waals surface area contributed by atoms with Crippen molar-refractivity contribution < 1.29 is 24.0 Å². The number of nitro benzene ring substituents is 1. The van der Waals surface area contributed by atoms with E-state index in [0.29, 0.717) is 17.9 Å². The zero-order valence-electron chi connectivity index (χ0n) is 17.4. The third-order valence-electron chi connectivity index (χ3n) is 4.56. The molecule has 0 spiro atoms. The van der Waals surface area contributed by atoms with Gasteiger partial charge in [0.25, 0.3) is 11.6 Å². The van der Waals surface area contributed by atoms with Crippen LogP contribution in [0.3, 0.4) is 0 Å². The molecule has 10 heteroatoms. The summed E-state index contributed by atoms with van der Waals surface area (Å²) in [6, 6.07) is 10.9. The molecule has 166 valence electrons. The maximum atomic E-state index is 12.9. The predicted molar refractivity (Wildman–Crippen MR) is 123 cm³/mol. The van der Waals surface area contributed by atoms with Gasteiger partial charge in [0.15, 0.2) is 0 Å². The quantitative estimate of drug-likeness (QED) is 0.266. The lowest BCUT2D eigenvalue weighted by molar-refractivity contribution is -0.385. The Labute approximate surface area is 192 Å². The number of carbonyl (C=O) groups excluding carboxylic acids is 2. The number of hydrogen-bond donors (Lipinski definition) is 1. The monoisotopic (exact) mass is 474 g/mol. The molecule has 1 N–H and O–H groups in total. The van der Waals surface area contributed by atoms with E-state index < -0.39 is 22.5 Å². The first-order valence-electron chi connectivity index (χ1n) is 9.47. The third-order valence-corrected chi connectivity index (χ3v) is 5.81. The van der Waals surface area contributed by atoms with Gasteiger partial charge in [-0.1, -0.05) is 23.7 Å². The number of ether oxygens (including phenoxy) is 2. The van der Waals surface area contributed by atoms with E-state index in [2.05, 4.69) is 5.32 Å². The van der Waals surface area contributed by atoms with E-state index >= 15 is 0 Å². The zero-order chi connectivity index (χ0) is 23.4. The number of thiophene rings is 1. The van der Waals surface area contributed by atoms with Crippen molar-refractivity contribution >= 4 is 45.5 Å². The number of esters is 1. The lowest BCUT2D eigenvalue weighted by Crippen LogP contribution is -2.15. The Hall–Kier alpha value is -3.43. The smallest absolute Gasteiger partial charge is 0.341 e. The molecule has 1 amide bonds. The molecular formula is C22H19ClN2O6S. The maximum absolute atomic E-state index is 12.9. The van der Waals surface area contributed by atoms with E-state index in [-0.39, 0.29) is 21.2 Å². The van der Waals surface area contributed by atoms with Gasteiger partial charge in [0.05, 0.1) is 18.6 Å². The highest BCUT2D eigenvalue weighted by atomic mass is 35.5. The van der Waals surface area contributed by atoms with Crippen molar-refractivity contribution in [3.05, 3.63) is 73.6 Å². The number of carbonyl (C=O) groups is 2. The van der Waals surface area contributed by atoms with Crippen molar-refractivity contribution in [2.75, 3.05) is 19.0 Å². The van der Waals surface area contributed by atoms with Gasteiger partial charge in [0.1, 0.15) is 21.9 Å². The zero-order valence-corrected chi connectivity index (χ0v) is 19.0. The van der Waals surface area contributed by atoms with Crippen LogP contribution in [0.5, 0.6) is 5.75 Å². The molecule has 0 fully saturated rings. The van der Waals surface area contributed by atoms with Crippen LogP contribution in [0.15, 0.2) is 42.5 Å². The van der Waals surface area contributed by atoms with Crippen LogP contribution >= 0.6 is 22.9 Å². The average Bonchev–Trinajstić information content (AvgIpc) is 3.09. The summed E-state index contributed by atoms with van der Waals surface area (Å²) in [5, 5.41) is 14.3. The Morgan fingerprint density at radius 3 is 2.47 bits per heavy atom. The molecule has 1 aromatic heterocycles. The highest BCUT2D eigenvalue weighted by molar-refractivity contribution is 7.17. The normalized spacial score (nSPS) is 10.5. The lowest BCUT2D eigenvalue weighted by atomic mass is 10.0. The van der Waals surface area contributed by atoms with Gasteiger partial charge in [0.2, 0.25) is 0 Å². The Morgan fingerprint density at radius 2 is 1.88 bits per heavy atom. The molecule has 2 aromatic carbocycles. The summed E-state index contributed by atoms with van der Waals surface area (Å²) in [6.07, 6.45) is 0. The molecule has 0 aliphatic carbocycles. The van der Waals surface area contributed by atoms with Crippen molar-refractivity contribution in [1.82, 2.24) is 0 Å². The molecular weight excluding hydrogens is 456 g/mol. The van der Waals surface area contributed by atoms with E-state index in [1.54, 1.807) is 12.1 Å². The van der Waals surface area contributed by atoms with Crippen LogP contribution in [0.25, 0.3) is 11.1 Å². The average molecular weight is 475 g/mol. The van der Waals surface area contributed by atoms with Crippen LogP contribution in [-0.2, 0) is 4.74 Å². The van der Waals surface area contributed by atoms with Gasteiger partial charge >= 0.3 is 5.97 Å². The molecule has 1 heterocycles. The molecule has 0 radical (unpaired) electrons. The molecule has 0 saturated carbocycles. The van der Waals surface area contributed by atoms with Crippen LogP contribution in [0.1, 0.15) is 32.5 Å². The van der Waals surface area contributed by atoms with Crippen LogP contribution in [0.4, 0.5) is 10.7 Å². The van der Waals surface area contributed by atoms with Crippen molar-refractivity contribution in [3.8, 4) is 16.9 Å². The van der Waals surface area contributed by atoms with Gasteiger partial charge in [-0.05, 0) is 43.7 Å². The molecule has 0 unspecified atom stereocenters. The van der Waals surface area contributed by atoms with Gasteiger partial charge in [-0.2, -0.15) is 0 Å². The topological polar surface area (TPSA) is 108 Å². The molecule has 0 bridgehead atoms. The highest BCUT2D eigenvalue weighted by Gasteiger charge is 2.27. The summed E-state index contributed by atoms with van der Waals surface area (Å²) < 4.78 is 10.4. The SMILES string of the molecule is CCOc1ccc(-c2c(C)sc(NC(=O)c3ccc(Cl)cc3[N+](=O)[O-])c2C(=O)OC)cc1. The van der Waals surface area contributed by atoms with Gasteiger partial charge in [0, 0.05) is 21.5 Å². The van der Waals surface area contributed by atoms with E-state index in [1.807, 2.05) is 26.0 Å². The first kappa shape index (κ1) is 23.2. The van der Waals surface area contributed by atoms with Crippen molar-refractivity contribution in [3.63, 3.8) is 0 Å². The van der Waals surface area contributed by atoms with Crippen molar-refractivity contribution in [1.29, 1.82) is 0 Å². The molecule has 0 atom stereocenters. The molecule has 32 heavy (non-hydrogen) atoms. The first-order chi connectivity index (χ1) is 15.3. The largest absolute Gasteiger partial charge is 0.494 e. The number of hydrogen-bond acceptors (Lipinski definition) is 7. The lowest BCUT2D eigenvalue weighted by Gasteiger charge is -2.09. The Bertz CT molecular complexity index is 1190.